The van der Waals surface area contributed by atoms with Crippen molar-refractivity contribution in [2.24, 2.45) is 0 Å². The Bertz CT molecular complexity index is 929. The predicted octanol–water partition coefficient (Wildman–Crippen LogP) is 10.4. The van der Waals surface area contributed by atoms with Gasteiger partial charge in [-0.3, -0.25) is 4.90 Å². The van der Waals surface area contributed by atoms with Gasteiger partial charge >= 0.3 is 0 Å². The highest BCUT2D eigenvalue weighted by molar-refractivity contribution is 6.75. The minimum Gasteiger partial charge on any atom is -0.415 e. The summed E-state index contributed by atoms with van der Waals surface area (Å²) in [6.07, 6.45) is 3.73. The first kappa shape index (κ1) is 44.6. The Labute approximate surface area is 292 Å². The Hall–Kier alpha value is 0.628. The van der Waals surface area contributed by atoms with Gasteiger partial charge in [0.25, 0.3) is 0 Å². The van der Waals surface area contributed by atoms with E-state index in [1.807, 2.05) is 0 Å². The maximum Gasteiger partial charge on any atom is 0.192 e. The van der Waals surface area contributed by atoms with Gasteiger partial charge in [0.15, 0.2) is 33.3 Å². The van der Waals surface area contributed by atoms with E-state index in [0.29, 0.717) is 6.61 Å². The zero-order valence-electron chi connectivity index (χ0n) is 34.5. The molecule has 0 radical (unpaired) electrons. The second-order valence-electron chi connectivity index (χ2n) is 20.4. The van der Waals surface area contributed by atoms with E-state index in [4.69, 9.17) is 17.7 Å². The fraction of sp³-hybridized carbons (Fsp3) is 1.00. The number of hydrogen-bond donors (Lipinski definition) is 1. The van der Waals surface area contributed by atoms with E-state index in [2.05, 4.69) is 140 Å². The van der Waals surface area contributed by atoms with Gasteiger partial charge < -0.3 is 22.8 Å². The van der Waals surface area contributed by atoms with E-state index in [1.165, 1.54) is 0 Å². The minimum absolute atomic E-state index is 0.0573. The summed E-state index contributed by atoms with van der Waals surface area (Å²) in [7, 11) is -8.59. The van der Waals surface area contributed by atoms with E-state index < -0.39 is 33.3 Å². The van der Waals surface area contributed by atoms with Gasteiger partial charge in [-0.2, -0.15) is 0 Å². The average molecular weight is 720 g/mol. The van der Waals surface area contributed by atoms with Crippen LogP contribution in [0.1, 0.15) is 109 Å². The maximum atomic E-state index is 9.41. The van der Waals surface area contributed by atoms with Crippen LogP contribution in [0.3, 0.4) is 0 Å². The highest BCUT2D eigenvalue weighted by Crippen LogP contribution is 2.46. The molecule has 4 atom stereocenters. The van der Waals surface area contributed by atoms with Crippen molar-refractivity contribution in [2.75, 3.05) is 26.3 Å². The predicted molar refractivity (Wildman–Crippen MR) is 210 cm³/mol. The first-order valence-corrected chi connectivity index (χ1v) is 30.0. The van der Waals surface area contributed by atoms with Gasteiger partial charge in [0.1, 0.15) is 0 Å². The van der Waals surface area contributed by atoms with Crippen molar-refractivity contribution in [1.29, 1.82) is 0 Å². The van der Waals surface area contributed by atoms with Gasteiger partial charge in [0, 0.05) is 13.2 Å². The van der Waals surface area contributed by atoms with Gasteiger partial charge in [-0.1, -0.05) is 95.9 Å². The number of nitrogens with zero attached hydrogens (tertiary/aromatic N) is 1. The summed E-state index contributed by atoms with van der Waals surface area (Å²) >= 11 is 0. The smallest absolute Gasteiger partial charge is 0.192 e. The van der Waals surface area contributed by atoms with E-state index in [-0.39, 0.29) is 51.1 Å². The largest absolute Gasteiger partial charge is 0.415 e. The topological polar surface area (TPSA) is 60.4 Å². The molecular weight excluding hydrogens is 639 g/mol. The van der Waals surface area contributed by atoms with Gasteiger partial charge in [-0.15, -0.1) is 0 Å². The minimum atomic E-state index is -2.22. The van der Waals surface area contributed by atoms with Gasteiger partial charge in [0.2, 0.25) is 0 Å². The van der Waals surface area contributed by atoms with E-state index in [1.54, 1.807) is 0 Å². The SMILES string of the molecule is CC(C)(C)[Si](C)(C)OC[C@@H]1C(O[Si](C)(C)C(C)(C)C)C(O[Si](C)(C)C(C)(C)C)C(O[Si](C)(C)C(C)(C)C)CN1CCCCCCO. The van der Waals surface area contributed by atoms with Gasteiger partial charge in [-0.05, 0) is 91.9 Å². The fourth-order valence-electron chi connectivity index (χ4n) is 4.84. The van der Waals surface area contributed by atoms with Crippen molar-refractivity contribution in [3.05, 3.63) is 0 Å². The lowest BCUT2D eigenvalue weighted by molar-refractivity contribution is -0.128. The first-order chi connectivity index (χ1) is 20.3. The summed E-state index contributed by atoms with van der Waals surface area (Å²) in [6.45, 7) is 49.8. The fourth-order valence-corrected chi connectivity index (χ4v) is 9.82. The summed E-state index contributed by atoms with van der Waals surface area (Å²) in [5, 5.41) is 9.73. The molecule has 0 aromatic carbocycles. The normalized spacial score (nSPS) is 23.7. The van der Waals surface area contributed by atoms with Crippen molar-refractivity contribution in [3.8, 4) is 0 Å². The monoisotopic (exact) mass is 720 g/mol. The summed E-state index contributed by atoms with van der Waals surface area (Å²) in [6, 6.07) is 0.0788. The van der Waals surface area contributed by atoms with Crippen LogP contribution in [0.15, 0.2) is 0 Å². The third-order valence-electron chi connectivity index (χ3n) is 12.5. The number of aliphatic hydroxyl groups excluding tert-OH is 1. The lowest BCUT2D eigenvalue weighted by atomic mass is 9.94. The van der Waals surface area contributed by atoms with Crippen LogP contribution in [0.25, 0.3) is 0 Å². The molecule has 0 aliphatic carbocycles. The Morgan fingerprint density at radius 1 is 0.543 bits per heavy atom. The molecule has 0 aromatic heterocycles. The summed E-state index contributed by atoms with van der Waals surface area (Å²) in [5.74, 6) is 0. The standard InChI is InChI=1S/C36H81NO5Si4/c1-33(2,3)43(13,14)39-28-29-31(41-45(17,18)35(7,8)9)32(42-46(19,20)36(10,11)12)30(40-44(15,16)34(4,5)6)27-37(29)25-23-21-22-24-26-38/h29-32,38H,21-28H2,1-20H3/t29-,30?,31?,32?/m1/s1. The lowest BCUT2D eigenvalue weighted by Crippen LogP contribution is -2.70. The molecule has 1 aliphatic heterocycles. The van der Waals surface area contributed by atoms with Crippen LogP contribution in [-0.4, -0.2) is 93.9 Å². The zero-order chi connectivity index (χ0) is 36.4. The molecule has 0 saturated carbocycles. The molecule has 0 aromatic rings. The number of aliphatic hydroxyl groups is 1. The molecule has 46 heavy (non-hydrogen) atoms. The second-order valence-corrected chi connectivity index (χ2v) is 39.5. The van der Waals surface area contributed by atoms with Crippen molar-refractivity contribution < 1.29 is 22.8 Å². The Kier molecular flexibility index (Phi) is 15.4. The number of rotatable bonds is 15. The molecule has 1 rings (SSSR count). The van der Waals surface area contributed by atoms with Gasteiger partial charge in [-0.25, -0.2) is 0 Å². The van der Waals surface area contributed by atoms with Gasteiger partial charge in [0.05, 0.1) is 31.0 Å². The first-order valence-electron chi connectivity index (χ1n) is 18.3. The zero-order valence-corrected chi connectivity index (χ0v) is 38.5. The van der Waals surface area contributed by atoms with Crippen LogP contribution in [-0.2, 0) is 17.7 Å². The molecule has 276 valence electrons. The number of hydrogen-bond acceptors (Lipinski definition) is 6. The molecule has 1 aliphatic rings. The molecule has 1 fully saturated rings. The molecule has 3 unspecified atom stereocenters. The van der Waals surface area contributed by atoms with Crippen molar-refractivity contribution in [3.63, 3.8) is 0 Å². The van der Waals surface area contributed by atoms with Crippen molar-refractivity contribution in [1.82, 2.24) is 4.90 Å². The van der Waals surface area contributed by atoms with E-state index in [0.717, 1.165) is 38.8 Å². The molecule has 0 spiro atoms. The van der Waals surface area contributed by atoms with Crippen LogP contribution < -0.4 is 0 Å². The number of unbranched alkanes of at least 4 members (excludes halogenated alkanes) is 3. The summed E-state index contributed by atoms with van der Waals surface area (Å²) in [4.78, 5) is 2.66. The van der Waals surface area contributed by atoms with E-state index >= 15 is 0 Å². The number of piperidine rings is 1. The molecule has 10 heteroatoms. The molecule has 0 bridgehead atoms. The number of likely N-dealkylation sites (tertiary alicyclic amines) is 1. The molecule has 1 saturated heterocycles. The van der Waals surface area contributed by atoms with E-state index in [9.17, 15) is 5.11 Å². The quantitative estimate of drug-likeness (QED) is 0.134. The van der Waals surface area contributed by atoms with Crippen molar-refractivity contribution >= 4 is 33.3 Å². The van der Waals surface area contributed by atoms with Crippen LogP contribution in [0.5, 0.6) is 0 Å². The Balaban J connectivity index is 3.91. The maximum absolute atomic E-state index is 9.41. The van der Waals surface area contributed by atoms with Crippen LogP contribution in [0.2, 0.25) is 72.5 Å². The highest BCUT2D eigenvalue weighted by atomic mass is 28.4. The summed E-state index contributed by atoms with van der Waals surface area (Å²) in [5.41, 5.74) is 0. The van der Waals surface area contributed by atoms with Crippen LogP contribution in [0, 0.1) is 0 Å². The molecule has 6 nitrogen and oxygen atoms in total. The third kappa shape index (κ3) is 11.9. The highest BCUT2D eigenvalue weighted by Gasteiger charge is 2.55. The second kappa shape index (κ2) is 15.9. The molecule has 1 heterocycles. The molecule has 1 N–H and O–H groups in total. The van der Waals surface area contributed by atoms with Crippen molar-refractivity contribution in [2.45, 2.75) is 206 Å². The van der Waals surface area contributed by atoms with Crippen LogP contribution >= 0.6 is 0 Å². The summed E-state index contributed by atoms with van der Waals surface area (Å²) < 4.78 is 29.7. The Morgan fingerprint density at radius 3 is 1.35 bits per heavy atom. The molecule has 0 amide bonds. The van der Waals surface area contributed by atoms with Crippen LogP contribution in [0.4, 0.5) is 0 Å². The third-order valence-corrected chi connectivity index (χ3v) is 30.4. The average Bonchev–Trinajstić information content (AvgIpc) is 2.82. The lowest BCUT2D eigenvalue weighted by Gasteiger charge is -2.56. The molecular formula is C36H81NO5Si4. The Morgan fingerprint density at radius 2 is 0.935 bits per heavy atom.